The van der Waals surface area contributed by atoms with Gasteiger partial charge in [0, 0.05) is 0 Å². The molecule has 0 aliphatic carbocycles. The third-order valence-corrected chi connectivity index (χ3v) is 21.1. The summed E-state index contributed by atoms with van der Waals surface area (Å²) in [5, 5.41) is 0. The standard InChI is InChI=1S/C5H10N.3C4H9.Sn/c1-2-4-6-5-3-1;3*1-3-4-2;/h1-5H2;3*1,3-4H2,2H3;/q-1;;;;+1. The Balaban J connectivity index is 2.73. The molecular formula is C17H37NSn. The molecule has 0 atom stereocenters. The van der Waals surface area contributed by atoms with Crippen molar-refractivity contribution in [1.29, 1.82) is 0 Å². The van der Waals surface area contributed by atoms with E-state index in [-0.39, 0.29) is 0 Å². The van der Waals surface area contributed by atoms with Gasteiger partial charge in [-0.3, -0.25) is 0 Å². The van der Waals surface area contributed by atoms with Gasteiger partial charge in [-0.1, -0.05) is 0 Å². The van der Waals surface area contributed by atoms with Crippen LogP contribution in [0.25, 0.3) is 0 Å². The van der Waals surface area contributed by atoms with Crippen LogP contribution in [0.15, 0.2) is 0 Å². The van der Waals surface area contributed by atoms with Crippen LogP contribution in [0.3, 0.4) is 0 Å². The molecule has 1 rings (SSSR count). The Morgan fingerprint density at radius 3 is 1.47 bits per heavy atom. The van der Waals surface area contributed by atoms with Crippen LogP contribution in [0, 0.1) is 0 Å². The van der Waals surface area contributed by atoms with E-state index in [1.54, 1.807) is 13.3 Å². The van der Waals surface area contributed by atoms with E-state index in [4.69, 9.17) is 0 Å². The maximum atomic E-state index is 3.11. The van der Waals surface area contributed by atoms with Crippen molar-refractivity contribution >= 4 is 18.7 Å². The zero-order valence-electron chi connectivity index (χ0n) is 13.8. The van der Waals surface area contributed by atoms with Gasteiger partial charge in [0.05, 0.1) is 0 Å². The zero-order valence-corrected chi connectivity index (χ0v) is 16.7. The number of nitrogens with zero attached hydrogens (tertiary/aromatic N) is 1. The van der Waals surface area contributed by atoms with Gasteiger partial charge in [0.25, 0.3) is 0 Å². The number of hydrogen-bond donors (Lipinski definition) is 0. The van der Waals surface area contributed by atoms with Crippen LogP contribution in [0.5, 0.6) is 0 Å². The van der Waals surface area contributed by atoms with E-state index in [1.165, 1.54) is 70.9 Å². The molecule has 0 unspecified atom stereocenters. The number of piperidine rings is 1. The van der Waals surface area contributed by atoms with Crippen LogP contribution < -0.4 is 0 Å². The summed E-state index contributed by atoms with van der Waals surface area (Å²) in [6, 6.07) is 0. The normalized spacial score (nSPS) is 17.8. The molecule has 1 saturated heterocycles. The van der Waals surface area contributed by atoms with Crippen molar-refractivity contribution in [1.82, 2.24) is 3.12 Å². The Hall–Kier alpha value is 0.759. The second-order valence-electron chi connectivity index (χ2n) is 6.58. The van der Waals surface area contributed by atoms with Crippen molar-refractivity contribution in [2.75, 3.05) is 13.1 Å². The van der Waals surface area contributed by atoms with Gasteiger partial charge in [-0.05, 0) is 0 Å². The molecule has 0 spiro atoms. The molecule has 1 aliphatic heterocycles. The summed E-state index contributed by atoms with van der Waals surface area (Å²) in [5.41, 5.74) is 0. The molecule has 0 aromatic rings. The predicted octanol–water partition coefficient (Wildman–Crippen LogP) is 5.82. The third kappa shape index (κ3) is 5.95. The van der Waals surface area contributed by atoms with E-state index in [1.807, 2.05) is 0 Å². The van der Waals surface area contributed by atoms with Crippen LogP contribution in [-0.4, -0.2) is 34.9 Å². The van der Waals surface area contributed by atoms with Gasteiger partial charge in [-0.25, -0.2) is 0 Å². The fourth-order valence-corrected chi connectivity index (χ4v) is 20.9. The molecule has 0 amide bonds. The topological polar surface area (TPSA) is 3.24 Å². The van der Waals surface area contributed by atoms with Crippen molar-refractivity contribution in [3.8, 4) is 0 Å². The van der Waals surface area contributed by atoms with Crippen molar-refractivity contribution in [2.45, 2.75) is 91.9 Å². The summed E-state index contributed by atoms with van der Waals surface area (Å²) in [6.45, 7) is 10.1. The van der Waals surface area contributed by atoms with Gasteiger partial charge in [0.15, 0.2) is 0 Å². The van der Waals surface area contributed by atoms with Crippen molar-refractivity contribution in [3.63, 3.8) is 0 Å². The molecule has 19 heavy (non-hydrogen) atoms. The summed E-state index contributed by atoms with van der Waals surface area (Å²) in [6.07, 6.45) is 13.2. The van der Waals surface area contributed by atoms with E-state index in [0.29, 0.717) is 0 Å². The Morgan fingerprint density at radius 1 is 0.684 bits per heavy atom. The molecule has 0 saturated carbocycles. The second-order valence-corrected chi connectivity index (χ2v) is 19.7. The van der Waals surface area contributed by atoms with E-state index in [0.717, 1.165) is 0 Å². The molecule has 0 aromatic carbocycles. The fraction of sp³-hybridized carbons (Fsp3) is 1.00. The molecule has 0 radical (unpaired) electrons. The van der Waals surface area contributed by atoms with Gasteiger partial charge in [-0.15, -0.1) is 0 Å². The van der Waals surface area contributed by atoms with Crippen LogP contribution in [0.2, 0.25) is 13.3 Å². The van der Waals surface area contributed by atoms with Crippen LogP contribution in [-0.2, 0) is 0 Å². The third-order valence-electron chi connectivity index (χ3n) is 5.01. The zero-order chi connectivity index (χ0) is 14.0. The number of unbranched alkanes of at least 4 members (excludes halogenated alkanes) is 3. The first-order valence-electron chi connectivity index (χ1n) is 9.04. The van der Waals surface area contributed by atoms with Crippen molar-refractivity contribution < 1.29 is 0 Å². The Morgan fingerprint density at radius 2 is 1.11 bits per heavy atom. The Bertz CT molecular complexity index is 190. The molecule has 1 heterocycles. The van der Waals surface area contributed by atoms with Gasteiger partial charge in [0.1, 0.15) is 0 Å². The van der Waals surface area contributed by atoms with Gasteiger partial charge >= 0.3 is 127 Å². The average molecular weight is 374 g/mol. The van der Waals surface area contributed by atoms with Crippen LogP contribution in [0.1, 0.15) is 78.6 Å². The summed E-state index contributed by atoms with van der Waals surface area (Å²) < 4.78 is 8.08. The summed E-state index contributed by atoms with van der Waals surface area (Å²) >= 11 is -1.99. The molecule has 1 nitrogen and oxygen atoms in total. The monoisotopic (exact) mass is 375 g/mol. The fourth-order valence-electron chi connectivity index (χ4n) is 3.74. The van der Waals surface area contributed by atoms with E-state index < -0.39 is 18.7 Å². The molecule has 114 valence electrons. The predicted molar refractivity (Wildman–Crippen MR) is 90.3 cm³/mol. The molecular weight excluding hydrogens is 337 g/mol. The molecule has 0 aromatic heterocycles. The van der Waals surface area contributed by atoms with Gasteiger partial charge < -0.3 is 0 Å². The molecule has 1 aliphatic rings. The molecule has 1 fully saturated rings. The maximum absolute atomic E-state index is 3.11. The minimum atomic E-state index is -1.99. The van der Waals surface area contributed by atoms with Crippen molar-refractivity contribution in [2.24, 2.45) is 0 Å². The quantitative estimate of drug-likeness (QED) is 0.436. The number of rotatable bonds is 10. The average Bonchev–Trinajstić information content (AvgIpc) is 2.48. The first kappa shape index (κ1) is 17.8. The molecule has 2 heteroatoms. The minimum absolute atomic E-state index is 1.41. The van der Waals surface area contributed by atoms with E-state index in [9.17, 15) is 0 Å². The summed E-state index contributed by atoms with van der Waals surface area (Å²) in [7, 11) is 0. The first-order valence-corrected chi connectivity index (χ1v) is 16.4. The summed E-state index contributed by atoms with van der Waals surface area (Å²) in [5.74, 6) is 0. The first-order chi connectivity index (χ1) is 9.29. The van der Waals surface area contributed by atoms with Gasteiger partial charge in [-0.2, -0.15) is 0 Å². The van der Waals surface area contributed by atoms with Crippen LogP contribution >= 0.6 is 0 Å². The SMILES string of the molecule is CCC[CH2][Sn]([CH2]CCC)([CH2]CCC)[N]1CCCCC1. The van der Waals surface area contributed by atoms with Crippen LogP contribution in [0.4, 0.5) is 0 Å². The Labute approximate surface area is 126 Å². The molecule has 0 N–H and O–H groups in total. The Kier molecular flexibility index (Phi) is 9.82. The molecule has 0 bridgehead atoms. The van der Waals surface area contributed by atoms with Gasteiger partial charge in [0.2, 0.25) is 0 Å². The number of hydrogen-bond acceptors (Lipinski definition) is 1. The summed E-state index contributed by atoms with van der Waals surface area (Å²) in [4.78, 5) is 0. The van der Waals surface area contributed by atoms with E-state index in [2.05, 4.69) is 23.9 Å². The van der Waals surface area contributed by atoms with E-state index >= 15 is 0 Å². The second kappa shape index (κ2) is 10.5. The van der Waals surface area contributed by atoms with Crippen molar-refractivity contribution in [3.05, 3.63) is 0 Å².